The van der Waals surface area contributed by atoms with Gasteiger partial charge in [0.05, 0.1) is 30.4 Å². The molecular weight excluding hydrogens is 603 g/mol. The summed E-state index contributed by atoms with van der Waals surface area (Å²) in [4.78, 5) is 13.4. The number of ether oxygens (including phenoxy) is 4. The van der Waals surface area contributed by atoms with Gasteiger partial charge in [-0.25, -0.2) is 0 Å². The van der Waals surface area contributed by atoms with E-state index in [1.807, 2.05) is 51.1 Å². The van der Waals surface area contributed by atoms with Gasteiger partial charge in [0, 0.05) is 18.4 Å². The van der Waals surface area contributed by atoms with Gasteiger partial charge in [0.25, 0.3) is 0 Å². The minimum Gasteiger partial charge on any atom is -0.459 e. The summed E-state index contributed by atoms with van der Waals surface area (Å²) < 4.78 is 26.2. The molecule has 0 spiro atoms. The van der Waals surface area contributed by atoms with Crippen LogP contribution in [0, 0.1) is 5.41 Å². The fourth-order valence-corrected chi connectivity index (χ4v) is 10.9. The highest BCUT2D eigenvalue weighted by molar-refractivity contribution is 7.95. The second-order valence-corrected chi connectivity index (χ2v) is 17.0. The number of hydrogen-bond acceptors (Lipinski definition) is 5. The van der Waals surface area contributed by atoms with E-state index in [1.54, 1.807) is 0 Å². The third-order valence-corrected chi connectivity index (χ3v) is 13.5. The van der Waals surface area contributed by atoms with Crippen LogP contribution in [0.2, 0.25) is 0 Å². The fraction of sp³-hybridized carbons (Fsp3) is 0.341. The van der Waals surface area contributed by atoms with Crippen molar-refractivity contribution in [2.75, 3.05) is 12.8 Å². The molecular formula is C41H46O5P+. The molecule has 2 heterocycles. The predicted molar refractivity (Wildman–Crippen MR) is 191 cm³/mol. The van der Waals surface area contributed by atoms with Gasteiger partial charge >= 0.3 is 5.97 Å². The topological polar surface area (TPSA) is 54.0 Å². The molecule has 0 amide bonds. The number of benzene rings is 4. The first kappa shape index (κ1) is 33.3. The smallest absolute Gasteiger partial charge is 0.311 e. The molecule has 244 valence electrons. The van der Waals surface area contributed by atoms with Gasteiger partial charge in [-0.15, -0.1) is 0 Å². The Morgan fingerprint density at radius 2 is 1.21 bits per heavy atom. The largest absolute Gasteiger partial charge is 0.459 e. The lowest BCUT2D eigenvalue weighted by Gasteiger charge is -2.39. The molecule has 0 bridgehead atoms. The van der Waals surface area contributed by atoms with Gasteiger partial charge in [0.2, 0.25) is 0 Å². The maximum atomic E-state index is 13.4. The molecule has 0 saturated carbocycles. The van der Waals surface area contributed by atoms with E-state index in [1.165, 1.54) is 15.9 Å². The molecule has 6 rings (SSSR count). The molecule has 2 aliphatic heterocycles. The Kier molecular flexibility index (Phi) is 10.7. The zero-order valence-corrected chi connectivity index (χ0v) is 28.5. The molecule has 0 aliphatic carbocycles. The first-order chi connectivity index (χ1) is 22.8. The minimum atomic E-state index is -2.14. The second kappa shape index (κ2) is 15.1. The highest BCUT2D eigenvalue weighted by atomic mass is 31.2. The number of esters is 1. The van der Waals surface area contributed by atoms with Crippen LogP contribution < -0.4 is 15.9 Å². The Labute approximate surface area is 280 Å². The van der Waals surface area contributed by atoms with Crippen LogP contribution in [0.4, 0.5) is 0 Å². The van der Waals surface area contributed by atoms with Crippen LogP contribution in [0.5, 0.6) is 0 Å². The van der Waals surface area contributed by atoms with E-state index in [0.29, 0.717) is 25.9 Å². The maximum absolute atomic E-state index is 13.4. The molecule has 4 aromatic carbocycles. The molecule has 1 fully saturated rings. The lowest BCUT2D eigenvalue weighted by molar-refractivity contribution is -0.276. The van der Waals surface area contributed by atoms with E-state index in [4.69, 9.17) is 18.9 Å². The third-order valence-electron chi connectivity index (χ3n) is 9.08. The van der Waals surface area contributed by atoms with Crippen molar-refractivity contribution in [3.05, 3.63) is 139 Å². The summed E-state index contributed by atoms with van der Waals surface area (Å²) in [6.45, 7) is 6.09. The zero-order valence-electron chi connectivity index (χ0n) is 27.6. The molecule has 0 aromatic heterocycles. The van der Waals surface area contributed by atoms with Crippen molar-refractivity contribution < 1.29 is 23.7 Å². The Balaban J connectivity index is 1.36. The quantitative estimate of drug-likeness (QED) is 0.112. The summed E-state index contributed by atoms with van der Waals surface area (Å²) >= 11 is 0. The highest BCUT2D eigenvalue weighted by Crippen LogP contribution is 2.56. The fourth-order valence-electron chi connectivity index (χ4n) is 6.51. The van der Waals surface area contributed by atoms with Gasteiger partial charge in [0.15, 0.2) is 6.29 Å². The van der Waals surface area contributed by atoms with Gasteiger partial charge in [-0.1, -0.05) is 97.1 Å². The molecule has 2 aliphatic rings. The van der Waals surface area contributed by atoms with Crippen LogP contribution in [0.15, 0.2) is 133 Å². The molecule has 0 N–H and O–H groups in total. The maximum Gasteiger partial charge on any atom is 0.311 e. The average Bonchev–Trinajstić information content (AvgIpc) is 3.19. The van der Waals surface area contributed by atoms with Crippen LogP contribution in [0.1, 0.15) is 51.9 Å². The lowest BCUT2D eigenvalue weighted by atomic mass is 9.97. The molecule has 0 radical (unpaired) electrons. The number of carbonyl (C=O) groups is 1. The summed E-state index contributed by atoms with van der Waals surface area (Å²) in [6.07, 6.45) is 5.30. The van der Waals surface area contributed by atoms with Gasteiger partial charge in [-0.3, -0.25) is 4.79 Å². The monoisotopic (exact) mass is 649 g/mol. The summed E-state index contributed by atoms with van der Waals surface area (Å²) in [5.74, 6) is -0.226. The standard InChI is InChI=1S/C41H46O5P/c1-41(2,3)40(42)46-35-26-16-17-27-36-38(30-43-39(45-36)31-18-8-4-9-19-31)44-37(35)28-29-47(32-20-10-5-11-21-32,33-22-12-6-13-23-33)34-24-14-7-15-25-34/h4-25,35-39H,26-30H2,1-3H3/q+1/b17-16-/t35-,36+,37+,38-,39-/m1/s1. The summed E-state index contributed by atoms with van der Waals surface area (Å²) in [6, 6.07) is 42.7. The van der Waals surface area contributed by atoms with E-state index in [2.05, 4.69) is 103 Å². The van der Waals surface area contributed by atoms with Crippen molar-refractivity contribution in [2.24, 2.45) is 5.41 Å². The summed E-state index contributed by atoms with van der Waals surface area (Å²) in [5.41, 5.74) is 0.357. The SMILES string of the molecule is CC(C)(C)C(=O)O[C@@H]1C/C=C\C[C@@H]2O[C@H](c3ccccc3)OC[C@H]2O[C@H]1CC[P+](c1ccccc1)(c1ccccc1)c1ccccc1. The van der Waals surface area contributed by atoms with E-state index >= 15 is 0 Å². The Morgan fingerprint density at radius 3 is 1.74 bits per heavy atom. The Morgan fingerprint density at radius 1 is 0.702 bits per heavy atom. The molecule has 0 unspecified atom stereocenters. The van der Waals surface area contributed by atoms with Gasteiger partial charge in [-0.05, 0) is 63.6 Å². The van der Waals surface area contributed by atoms with Crippen molar-refractivity contribution in [3.8, 4) is 0 Å². The second-order valence-electron chi connectivity index (χ2n) is 13.4. The van der Waals surface area contributed by atoms with Crippen molar-refractivity contribution in [3.63, 3.8) is 0 Å². The van der Waals surface area contributed by atoms with Crippen molar-refractivity contribution in [1.82, 2.24) is 0 Å². The Hall–Kier alpha value is -3.60. The van der Waals surface area contributed by atoms with Crippen LogP contribution in [-0.4, -0.2) is 43.2 Å². The minimum absolute atomic E-state index is 0.193. The van der Waals surface area contributed by atoms with Crippen molar-refractivity contribution in [1.29, 1.82) is 0 Å². The number of carbonyl (C=O) groups excluding carboxylic acids is 1. The summed E-state index contributed by atoms with van der Waals surface area (Å²) in [5, 5.41) is 3.95. The van der Waals surface area contributed by atoms with Crippen LogP contribution in [-0.2, 0) is 23.7 Å². The zero-order chi connectivity index (χ0) is 32.7. The number of fused-ring (bicyclic) bond motifs is 1. The third kappa shape index (κ3) is 7.77. The predicted octanol–water partition coefficient (Wildman–Crippen LogP) is 7.55. The first-order valence-electron chi connectivity index (χ1n) is 16.7. The lowest BCUT2D eigenvalue weighted by Crippen LogP contribution is -2.47. The molecule has 5 atom stereocenters. The molecule has 4 aromatic rings. The van der Waals surface area contributed by atoms with E-state index in [-0.39, 0.29) is 24.3 Å². The van der Waals surface area contributed by atoms with Crippen LogP contribution in [0.3, 0.4) is 0 Å². The van der Waals surface area contributed by atoms with Crippen molar-refractivity contribution >= 4 is 29.1 Å². The van der Waals surface area contributed by atoms with Gasteiger partial charge < -0.3 is 18.9 Å². The van der Waals surface area contributed by atoms with Crippen LogP contribution in [0.25, 0.3) is 0 Å². The molecule has 6 heteroatoms. The average molecular weight is 650 g/mol. The Bertz CT molecular complexity index is 1490. The first-order valence-corrected chi connectivity index (χ1v) is 18.7. The van der Waals surface area contributed by atoms with Gasteiger partial charge in [0.1, 0.15) is 35.4 Å². The van der Waals surface area contributed by atoms with E-state index < -0.39 is 25.1 Å². The van der Waals surface area contributed by atoms with Crippen molar-refractivity contribution in [2.45, 2.75) is 70.7 Å². The van der Waals surface area contributed by atoms with Crippen LogP contribution >= 0.6 is 7.26 Å². The van der Waals surface area contributed by atoms with E-state index in [0.717, 1.165) is 11.7 Å². The number of rotatable bonds is 8. The molecule has 5 nitrogen and oxygen atoms in total. The number of hydrogen-bond donors (Lipinski definition) is 0. The van der Waals surface area contributed by atoms with E-state index in [9.17, 15) is 4.79 Å². The normalized spacial score (nSPS) is 24.2. The highest BCUT2D eigenvalue weighted by Gasteiger charge is 2.47. The summed E-state index contributed by atoms with van der Waals surface area (Å²) in [7, 11) is -2.14. The molecule has 47 heavy (non-hydrogen) atoms. The molecule has 1 saturated heterocycles. The van der Waals surface area contributed by atoms with Gasteiger partial charge in [-0.2, -0.15) is 0 Å².